The van der Waals surface area contributed by atoms with E-state index in [1.807, 2.05) is 41.5 Å². The van der Waals surface area contributed by atoms with Crippen LogP contribution in [-0.4, -0.2) is 29.4 Å². The molecule has 2 fully saturated rings. The fourth-order valence-corrected chi connectivity index (χ4v) is 5.09. The van der Waals surface area contributed by atoms with E-state index in [2.05, 4.69) is 39.6 Å². The SMILES string of the molecule is [B]C(Nc1cc(Cl)c2ncc(C#N)c(NC3(C)CC3)c2c1)(C1=CN(C2CC2)NN1)c1ccccc1Cl. The van der Waals surface area contributed by atoms with Gasteiger partial charge in [0.05, 0.1) is 32.9 Å². The zero-order valence-corrected chi connectivity index (χ0v) is 21.2. The van der Waals surface area contributed by atoms with Crippen molar-refractivity contribution in [3.63, 3.8) is 0 Å². The summed E-state index contributed by atoms with van der Waals surface area (Å²) in [5.74, 6) is 0. The lowest BCUT2D eigenvalue weighted by molar-refractivity contribution is 0.260. The molecule has 180 valence electrons. The molecule has 0 spiro atoms. The molecular weight excluding hydrogens is 492 g/mol. The molecule has 4 N–H and O–H groups in total. The summed E-state index contributed by atoms with van der Waals surface area (Å²) in [4.78, 5) is 4.47. The summed E-state index contributed by atoms with van der Waals surface area (Å²) >= 11 is 13.4. The van der Waals surface area contributed by atoms with Crippen LogP contribution in [0.5, 0.6) is 0 Å². The number of pyridine rings is 1. The number of hydrogen-bond donors (Lipinski definition) is 4. The van der Waals surface area contributed by atoms with Crippen molar-refractivity contribution in [3.05, 3.63) is 75.7 Å². The van der Waals surface area contributed by atoms with Gasteiger partial charge in [-0.3, -0.25) is 9.99 Å². The minimum absolute atomic E-state index is 0.0402. The summed E-state index contributed by atoms with van der Waals surface area (Å²) in [6, 6.07) is 13.9. The Morgan fingerprint density at radius 2 is 2.00 bits per heavy atom. The highest BCUT2D eigenvalue weighted by molar-refractivity contribution is 6.36. The first kappa shape index (κ1) is 23.3. The number of hydrogen-bond acceptors (Lipinski definition) is 7. The largest absolute Gasteiger partial charge is 0.378 e. The van der Waals surface area contributed by atoms with Gasteiger partial charge in [-0.2, -0.15) is 5.26 Å². The van der Waals surface area contributed by atoms with Crippen molar-refractivity contribution in [2.45, 2.75) is 49.6 Å². The van der Waals surface area contributed by atoms with Crippen molar-refractivity contribution in [3.8, 4) is 6.07 Å². The normalized spacial score (nSPS) is 19.7. The molecule has 0 saturated heterocycles. The first-order chi connectivity index (χ1) is 17.3. The van der Waals surface area contributed by atoms with Crippen molar-refractivity contribution in [2.24, 2.45) is 0 Å². The second-order valence-electron chi connectivity index (χ2n) is 10.0. The van der Waals surface area contributed by atoms with E-state index >= 15 is 0 Å². The third-order valence-corrected chi connectivity index (χ3v) is 7.68. The van der Waals surface area contributed by atoms with Crippen LogP contribution in [0.25, 0.3) is 10.9 Å². The lowest BCUT2D eigenvalue weighted by atomic mass is 9.69. The highest BCUT2D eigenvalue weighted by Gasteiger charge is 2.40. The summed E-state index contributed by atoms with van der Waals surface area (Å²) < 4.78 is 0. The van der Waals surface area contributed by atoms with E-state index in [1.54, 1.807) is 12.3 Å². The van der Waals surface area contributed by atoms with Crippen LogP contribution in [0.3, 0.4) is 0 Å². The van der Waals surface area contributed by atoms with Gasteiger partial charge in [-0.25, -0.2) is 0 Å². The van der Waals surface area contributed by atoms with Crippen molar-refractivity contribution >= 4 is 53.3 Å². The number of nitriles is 1. The maximum absolute atomic E-state index is 9.78. The zero-order valence-electron chi connectivity index (χ0n) is 19.7. The molecule has 2 saturated carbocycles. The Balaban J connectivity index is 1.47. The van der Waals surface area contributed by atoms with Gasteiger partial charge in [-0.1, -0.05) is 41.4 Å². The van der Waals surface area contributed by atoms with E-state index in [0.717, 1.165) is 36.8 Å². The molecule has 3 aromatic rings. The van der Waals surface area contributed by atoms with Gasteiger partial charge in [0, 0.05) is 40.1 Å². The Bertz CT molecular complexity index is 1440. The third-order valence-electron chi connectivity index (χ3n) is 7.07. The monoisotopic (exact) mass is 515 g/mol. The zero-order chi connectivity index (χ0) is 25.1. The lowest BCUT2D eigenvalue weighted by Crippen LogP contribution is -2.45. The molecule has 2 heterocycles. The first-order valence-electron chi connectivity index (χ1n) is 11.9. The predicted octanol–water partition coefficient (Wildman–Crippen LogP) is 5.14. The third kappa shape index (κ3) is 4.11. The van der Waals surface area contributed by atoms with E-state index in [4.69, 9.17) is 31.0 Å². The number of benzene rings is 2. The summed E-state index contributed by atoms with van der Waals surface area (Å²) in [7, 11) is 7.12. The Morgan fingerprint density at radius 3 is 2.69 bits per heavy atom. The molecule has 1 atom stereocenters. The fourth-order valence-electron chi connectivity index (χ4n) is 4.53. The van der Waals surface area contributed by atoms with E-state index in [0.29, 0.717) is 44.1 Å². The number of rotatable bonds is 7. The van der Waals surface area contributed by atoms with Crippen molar-refractivity contribution in [1.29, 1.82) is 5.26 Å². The maximum atomic E-state index is 9.78. The summed E-state index contributed by atoms with van der Waals surface area (Å²) in [6.07, 6.45) is 7.87. The second-order valence-corrected chi connectivity index (χ2v) is 10.8. The molecule has 0 amide bonds. The van der Waals surface area contributed by atoms with Gasteiger partial charge in [0.15, 0.2) is 0 Å². The van der Waals surface area contributed by atoms with Crippen LogP contribution in [0.2, 0.25) is 10.0 Å². The molecule has 2 radical (unpaired) electrons. The molecule has 10 heteroatoms. The molecule has 0 bridgehead atoms. The van der Waals surface area contributed by atoms with Crippen LogP contribution >= 0.6 is 23.2 Å². The highest BCUT2D eigenvalue weighted by Crippen LogP contribution is 2.43. The lowest BCUT2D eigenvalue weighted by Gasteiger charge is -2.35. The Labute approximate surface area is 221 Å². The van der Waals surface area contributed by atoms with E-state index < -0.39 is 5.44 Å². The molecule has 36 heavy (non-hydrogen) atoms. The second kappa shape index (κ2) is 8.48. The van der Waals surface area contributed by atoms with E-state index in [1.165, 1.54) is 0 Å². The standard InChI is InChI=1S/C26H24BCl2N7/c1-25(8-9-25)33-23-15(12-30)13-31-24-18(23)10-16(11-21(24)29)32-26(27,19-4-2-3-5-20(19)28)22-14-36(35-34-22)17-6-7-17/h2-5,10-11,13-14,17,32,34-35H,6-9H2,1H3,(H,31,33). The molecule has 1 aromatic heterocycles. The smallest absolute Gasteiger partial charge is 0.119 e. The fraction of sp³-hybridized carbons (Fsp3) is 0.308. The van der Waals surface area contributed by atoms with Gasteiger partial charge in [0.25, 0.3) is 0 Å². The predicted molar refractivity (Wildman–Crippen MR) is 144 cm³/mol. The van der Waals surface area contributed by atoms with Crippen LogP contribution in [0.15, 0.2) is 54.5 Å². The molecule has 3 aliphatic rings. The van der Waals surface area contributed by atoms with Gasteiger partial charge in [-0.05, 0) is 56.4 Å². The molecular formula is C26H24BCl2N7. The van der Waals surface area contributed by atoms with Crippen LogP contribution in [0.4, 0.5) is 11.4 Å². The number of fused-ring (bicyclic) bond motifs is 1. The maximum Gasteiger partial charge on any atom is 0.119 e. The topological polar surface area (TPSA) is 88.0 Å². The first-order valence-corrected chi connectivity index (χ1v) is 12.7. The van der Waals surface area contributed by atoms with Crippen molar-refractivity contribution < 1.29 is 0 Å². The molecule has 2 aromatic carbocycles. The van der Waals surface area contributed by atoms with Gasteiger partial charge >= 0.3 is 0 Å². The Hall–Kier alpha value is -3.12. The number of halogens is 2. The van der Waals surface area contributed by atoms with E-state index in [-0.39, 0.29) is 5.54 Å². The van der Waals surface area contributed by atoms with E-state index in [9.17, 15) is 5.26 Å². The number of aromatic nitrogens is 1. The summed E-state index contributed by atoms with van der Waals surface area (Å²) in [5.41, 5.74) is 9.08. The van der Waals surface area contributed by atoms with Crippen LogP contribution < -0.4 is 21.6 Å². The van der Waals surface area contributed by atoms with Crippen LogP contribution in [0.1, 0.15) is 43.7 Å². The van der Waals surface area contributed by atoms with Crippen LogP contribution in [-0.2, 0) is 5.44 Å². The number of hydrazine groups is 2. The molecule has 1 unspecified atom stereocenters. The quantitative estimate of drug-likeness (QED) is 0.324. The molecule has 1 aliphatic heterocycles. The minimum atomic E-state index is -1.21. The number of anilines is 2. The minimum Gasteiger partial charge on any atom is -0.378 e. The van der Waals surface area contributed by atoms with Gasteiger partial charge < -0.3 is 16.1 Å². The van der Waals surface area contributed by atoms with Crippen molar-refractivity contribution in [1.82, 2.24) is 21.0 Å². The molecule has 6 rings (SSSR count). The average Bonchev–Trinajstić information content (AvgIpc) is 3.78. The summed E-state index contributed by atoms with van der Waals surface area (Å²) in [6.45, 7) is 2.14. The van der Waals surface area contributed by atoms with Crippen molar-refractivity contribution in [2.75, 3.05) is 10.6 Å². The molecule has 2 aliphatic carbocycles. The Kier molecular flexibility index (Phi) is 5.49. The summed E-state index contributed by atoms with van der Waals surface area (Å²) in [5, 5.41) is 20.6. The highest BCUT2D eigenvalue weighted by atomic mass is 35.5. The average molecular weight is 516 g/mol. The number of nitrogens with zero attached hydrogens (tertiary/aromatic N) is 3. The van der Waals surface area contributed by atoms with Crippen LogP contribution in [0, 0.1) is 11.3 Å². The van der Waals surface area contributed by atoms with Gasteiger partial charge in [-0.15, -0.1) is 5.53 Å². The Morgan fingerprint density at radius 1 is 1.22 bits per heavy atom. The molecule has 7 nitrogen and oxygen atoms in total. The van der Waals surface area contributed by atoms with Gasteiger partial charge in [0.1, 0.15) is 13.9 Å². The number of nitrogens with one attached hydrogen (secondary N) is 4. The van der Waals surface area contributed by atoms with Gasteiger partial charge in [0.2, 0.25) is 0 Å².